The van der Waals surface area contributed by atoms with Crippen molar-refractivity contribution in [2.75, 3.05) is 0 Å². The predicted molar refractivity (Wildman–Crippen MR) is 50.2 cm³/mol. The molecule has 1 aliphatic rings. The fourth-order valence-corrected chi connectivity index (χ4v) is 1.23. The first-order valence-corrected chi connectivity index (χ1v) is 4.16. The molecule has 0 aliphatic carbocycles. The Balaban J connectivity index is 3.01. The summed E-state index contributed by atoms with van der Waals surface area (Å²) in [4.78, 5) is 14.5. The van der Waals surface area contributed by atoms with E-state index in [4.69, 9.17) is 0 Å². The van der Waals surface area contributed by atoms with Gasteiger partial charge in [-0.05, 0) is 25.0 Å². The van der Waals surface area contributed by atoms with Crippen LogP contribution < -0.4 is 0 Å². The summed E-state index contributed by atoms with van der Waals surface area (Å²) in [6.45, 7) is 4.16. The molecule has 0 spiro atoms. The summed E-state index contributed by atoms with van der Waals surface area (Å²) in [5, 5.41) is 0. The van der Waals surface area contributed by atoms with Crippen LogP contribution in [0.25, 0.3) is 0 Å². The topological polar surface area (TPSA) is 29.4 Å². The van der Waals surface area contributed by atoms with Gasteiger partial charge in [0.15, 0.2) is 6.29 Å². The van der Waals surface area contributed by atoms with Gasteiger partial charge in [-0.1, -0.05) is 12.5 Å². The van der Waals surface area contributed by atoms with E-state index in [9.17, 15) is 4.79 Å². The molecule has 0 aromatic rings. The largest absolute Gasteiger partial charge is 0.296 e. The van der Waals surface area contributed by atoms with Crippen molar-refractivity contribution >= 4 is 12.5 Å². The lowest BCUT2D eigenvalue weighted by Crippen LogP contribution is -1.84. The normalized spacial score (nSPS) is 17.3. The number of allylic oxidation sites excluding steroid dienone is 4. The van der Waals surface area contributed by atoms with Crippen LogP contribution in [0.2, 0.25) is 0 Å². The van der Waals surface area contributed by atoms with Gasteiger partial charge in [0.25, 0.3) is 0 Å². The number of hydrogen-bond acceptors (Lipinski definition) is 2. The van der Waals surface area contributed by atoms with Gasteiger partial charge in [0.2, 0.25) is 0 Å². The van der Waals surface area contributed by atoms with E-state index >= 15 is 0 Å². The molecule has 0 radical (unpaired) electrons. The van der Waals surface area contributed by atoms with E-state index in [2.05, 4.69) is 18.8 Å². The molecule has 0 unspecified atom stereocenters. The van der Waals surface area contributed by atoms with Gasteiger partial charge in [-0.25, -0.2) is 0 Å². The maximum Gasteiger partial charge on any atom is 0.168 e. The smallest absolute Gasteiger partial charge is 0.168 e. The van der Waals surface area contributed by atoms with Crippen LogP contribution in [0.1, 0.15) is 26.7 Å². The minimum absolute atomic E-state index is 0.531. The molecule has 0 aromatic heterocycles. The maximum atomic E-state index is 10.5. The molecule has 0 N–H and O–H groups in total. The molecular weight excluding hydrogens is 150 g/mol. The van der Waals surface area contributed by atoms with Crippen LogP contribution in [0.5, 0.6) is 0 Å². The number of hydrogen-bond donors (Lipinski definition) is 0. The lowest BCUT2D eigenvalue weighted by molar-refractivity contribution is -0.104. The lowest BCUT2D eigenvalue weighted by atomic mass is 10.0. The highest BCUT2D eigenvalue weighted by Crippen LogP contribution is 2.17. The molecule has 1 heterocycles. The average molecular weight is 163 g/mol. The fraction of sp³-hybridized carbons (Fsp3) is 0.400. The van der Waals surface area contributed by atoms with Crippen molar-refractivity contribution < 1.29 is 4.79 Å². The highest BCUT2D eigenvalue weighted by molar-refractivity contribution is 5.79. The molecule has 1 rings (SSSR count). The molecule has 0 saturated carbocycles. The third-order valence-electron chi connectivity index (χ3n) is 2.01. The van der Waals surface area contributed by atoms with Gasteiger partial charge >= 0.3 is 0 Å². The Bertz CT molecular complexity index is 272. The van der Waals surface area contributed by atoms with Gasteiger partial charge in [-0.3, -0.25) is 9.79 Å². The van der Waals surface area contributed by atoms with Gasteiger partial charge < -0.3 is 0 Å². The summed E-state index contributed by atoms with van der Waals surface area (Å²) in [5.74, 6) is 0. The van der Waals surface area contributed by atoms with Crippen LogP contribution in [-0.4, -0.2) is 12.5 Å². The molecule has 12 heavy (non-hydrogen) atoms. The molecule has 0 amide bonds. The van der Waals surface area contributed by atoms with Crippen LogP contribution in [0.3, 0.4) is 0 Å². The van der Waals surface area contributed by atoms with E-state index < -0.39 is 0 Å². The Morgan fingerprint density at radius 3 is 3.00 bits per heavy atom. The summed E-state index contributed by atoms with van der Waals surface area (Å²) in [5.41, 5.74) is 3.07. The van der Waals surface area contributed by atoms with Gasteiger partial charge in [-0.15, -0.1) is 0 Å². The molecule has 0 fully saturated rings. The predicted octanol–water partition coefficient (Wildman–Crippen LogP) is 2.27. The third-order valence-corrected chi connectivity index (χ3v) is 2.01. The average Bonchev–Trinajstić information content (AvgIpc) is 2.27. The fourth-order valence-electron chi connectivity index (χ4n) is 1.23. The second kappa shape index (κ2) is 4.00. The van der Waals surface area contributed by atoms with Crippen LogP contribution in [-0.2, 0) is 4.79 Å². The monoisotopic (exact) mass is 163 g/mol. The van der Waals surface area contributed by atoms with E-state index in [1.165, 1.54) is 11.1 Å². The first-order chi connectivity index (χ1) is 5.77. The minimum Gasteiger partial charge on any atom is -0.296 e. The highest BCUT2D eigenvalue weighted by atomic mass is 16.1. The van der Waals surface area contributed by atoms with Gasteiger partial charge in [-0.2, -0.15) is 0 Å². The summed E-state index contributed by atoms with van der Waals surface area (Å²) < 4.78 is 0. The Morgan fingerprint density at radius 2 is 2.42 bits per heavy atom. The zero-order valence-electron chi connectivity index (χ0n) is 7.50. The molecule has 2 heteroatoms. The minimum atomic E-state index is 0.531. The number of aldehydes is 1. The van der Waals surface area contributed by atoms with E-state index in [1.54, 1.807) is 6.21 Å². The maximum absolute atomic E-state index is 10.5. The number of nitrogens with zero attached hydrogens (tertiary/aromatic N) is 1. The van der Waals surface area contributed by atoms with Gasteiger partial charge in [0.1, 0.15) is 5.70 Å². The number of carbonyl (C=O) groups is 1. The van der Waals surface area contributed by atoms with Crippen LogP contribution in [0.4, 0.5) is 0 Å². The summed E-state index contributed by atoms with van der Waals surface area (Å²) in [7, 11) is 0. The first kappa shape index (κ1) is 8.91. The van der Waals surface area contributed by atoms with Gasteiger partial charge in [0.05, 0.1) is 0 Å². The number of aliphatic imine (C=N–C) groups is 1. The lowest BCUT2D eigenvalue weighted by Gasteiger charge is -2.00. The van der Waals surface area contributed by atoms with Crippen molar-refractivity contribution in [3.63, 3.8) is 0 Å². The zero-order chi connectivity index (χ0) is 8.97. The third kappa shape index (κ3) is 1.91. The Labute approximate surface area is 72.7 Å². The second-order valence-electron chi connectivity index (χ2n) is 2.86. The van der Waals surface area contributed by atoms with Crippen LogP contribution in [0, 0.1) is 0 Å². The summed E-state index contributed by atoms with van der Waals surface area (Å²) >= 11 is 0. The van der Waals surface area contributed by atoms with Crippen LogP contribution in [0.15, 0.2) is 27.9 Å². The molecule has 0 saturated heterocycles. The number of carbonyl (C=O) groups excluding carboxylic acids is 1. The zero-order valence-corrected chi connectivity index (χ0v) is 7.50. The molecule has 64 valence electrons. The Morgan fingerprint density at radius 1 is 1.67 bits per heavy atom. The number of rotatable bonds is 2. The molecule has 0 aromatic carbocycles. The van der Waals surface area contributed by atoms with E-state index in [-0.39, 0.29) is 0 Å². The van der Waals surface area contributed by atoms with E-state index in [0.717, 1.165) is 19.1 Å². The van der Waals surface area contributed by atoms with E-state index in [0.29, 0.717) is 5.70 Å². The quantitative estimate of drug-likeness (QED) is 0.574. The second-order valence-corrected chi connectivity index (χ2v) is 2.86. The molecule has 1 aliphatic heterocycles. The summed E-state index contributed by atoms with van der Waals surface area (Å²) in [6.07, 6.45) is 6.28. The Hall–Kier alpha value is -1.18. The molecule has 0 bridgehead atoms. The van der Waals surface area contributed by atoms with Crippen molar-refractivity contribution in [3.8, 4) is 0 Å². The molecular formula is C10H13NO. The molecule has 2 nitrogen and oxygen atoms in total. The van der Waals surface area contributed by atoms with Crippen molar-refractivity contribution in [3.05, 3.63) is 22.9 Å². The van der Waals surface area contributed by atoms with Crippen LogP contribution >= 0.6 is 0 Å². The molecule has 0 atom stereocenters. The van der Waals surface area contributed by atoms with E-state index in [1.807, 2.05) is 6.08 Å². The standard InChI is InChI=1S/C10H13NO/c1-3-9-6-10(7-12)11-5-4-8(9)2/h5-7H,3-4H2,1-2H3. The van der Waals surface area contributed by atoms with Crippen molar-refractivity contribution in [1.82, 2.24) is 0 Å². The van der Waals surface area contributed by atoms with Gasteiger partial charge in [0, 0.05) is 12.6 Å². The highest BCUT2D eigenvalue weighted by Gasteiger charge is 2.02. The van der Waals surface area contributed by atoms with Crippen molar-refractivity contribution in [2.24, 2.45) is 4.99 Å². The first-order valence-electron chi connectivity index (χ1n) is 4.16. The Kier molecular flexibility index (Phi) is 2.97. The van der Waals surface area contributed by atoms with Crippen molar-refractivity contribution in [2.45, 2.75) is 26.7 Å². The summed E-state index contributed by atoms with van der Waals surface area (Å²) in [6, 6.07) is 0. The SMILES string of the molecule is CCC1=C(C)CC=NC(C=O)=C1. The van der Waals surface area contributed by atoms with Crippen molar-refractivity contribution in [1.29, 1.82) is 0 Å².